The van der Waals surface area contributed by atoms with Crippen LogP contribution < -0.4 is 16.0 Å². The Morgan fingerprint density at radius 3 is 2.71 bits per heavy atom. The van der Waals surface area contributed by atoms with E-state index in [0.717, 1.165) is 36.1 Å². The number of rotatable bonds is 3. The highest BCUT2D eigenvalue weighted by Gasteiger charge is 2.28. The lowest BCUT2D eigenvalue weighted by Gasteiger charge is -2.15. The van der Waals surface area contributed by atoms with E-state index in [9.17, 15) is 9.59 Å². The molecule has 2 amide bonds. The number of nitrogens with one attached hydrogen (secondary N) is 3. The lowest BCUT2D eigenvalue weighted by atomic mass is 9.95. The number of anilines is 1. The summed E-state index contributed by atoms with van der Waals surface area (Å²) >= 11 is 0. The normalized spacial score (nSPS) is 19.0. The van der Waals surface area contributed by atoms with Crippen LogP contribution in [-0.2, 0) is 11.3 Å². The molecular formula is C19H19N3O2. The van der Waals surface area contributed by atoms with Crippen molar-refractivity contribution in [3.05, 3.63) is 53.6 Å². The molecule has 0 spiro atoms. The van der Waals surface area contributed by atoms with Gasteiger partial charge in [0.15, 0.2) is 0 Å². The molecule has 1 saturated heterocycles. The van der Waals surface area contributed by atoms with Gasteiger partial charge in [0.25, 0.3) is 5.91 Å². The first-order valence-corrected chi connectivity index (χ1v) is 8.28. The van der Waals surface area contributed by atoms with Crippen molar-refractivity contribution in [2.24, 2.45) is 0 Å². The highest BCUT2D eigenvalue weighted by atomic mass is 16.2. The summed E-state index contributed by atoms with van der Waals surface area (Å²) in [6.45, 7) is 1.35. The van der Waals surface area contributed by atoms with Crippen LogP contribution in [0.25, 0.3) is 11.1 Å². The van der Waals surface area contributed by atoms with Crippen molar-refractivity contribution in [2.75, 3.05) is 11.9 Å². The van der Waals surface area contributed by atoms with Crippen molar-refractivity contribution in [3.8, 4) is 11.1 Å². The van der Waals surface area contributed by atoms with Gasteiger partial charge in [-0.05, 0) is 42.1 Å². The van der Waals surface area contributed by atoms with E-state index < -0.39 is 0 Å². The van der Waals surface area contributed by atoms with Gasteiger partial charge in [0.05, 0.1) is 17.3 Å². The molecule has 5 heteroatoms. The van der Waals surface area contributed by atoms with Gasteiger partial charge in [-0.15, -0.1) is 0 Å². The summed E-state index contributed by atoms with van der Waals surface area (Å²) in [4.78, 5) is 24.7. The van der Waals surface area contributed by atoms with Crippen molar-refractivity contribution < 1.29 is 9.59 Å². The summed E-state index contributed by atoms with van der Waals surface area (Å²) in [5, 5.41) is 8.98. The second-order valence-corrected chi connectivity index (χ2v) is 6.20. The maximum atomic E-state index is 12.4. The summed E-state index contributed by atoms with van der Waals surface area (Å²) in [5.41, 5.74) is 4.23. The Morgan fingerprint density at radius 2 is 1.96 bits per heavy atom. The van der Waals surface area contributed by atoms with E-state index in [4.69, 9.17) is 0 Å². The minimum Gasteiger partial charge on any atom is -0.348 e. The first-order chi connectivity index (χ1) is 11.7. The smallest absolute Gasteiger partial charge is 0.254 e. The van der Waals surface area contributed by atoms with Crippen molar-refractivity contribution in [2.45, 2.75) is 25.4 Å². The molecule has 122 valence electrons. The zero-order chi connectivity index (χ0) is 16.5. The number of hydrogen-bond acceptors (Lipinski definition) is 3. The summed E-state index contributed by atoms with van der Waals surface area (Å²) < 4.78 is 0. The molecule has 0 saturated carbocycles. The van der Waals surface area contributed by atoms with E-state index in [-0.39, 0.29) is 17.9 Å². The average molecular weight is 321 g/mol. The third-order valence-corrected chi connectivity index (χ3v) is 4.69. The molecule has 0 radical (unpaired) electrons. The summed E-state index contributed by atoms with van der Waals surface area (Å²) in [7, 11) is 0. The second kappa shape index (κ2) is 6.09. The quantitative estimate of drug-likeness (QED) is 0.812. The Hall–Kier alpha value is -2.66. The monoisotopic (exact) mass is 321 g/mol. The van der Waals surface area contributed by atoms with Crippen molar-refractivity contribution in [1.82, 2.24) is 10.6 Å². The molecule has 2 aromatic carbocycles. The molecule has 1 atom stereocenters. The highest BCUT2D eigenvalue weighted by Crippen LogP contribution is 2.34. The van der Waals surface area contributed by atoms with Crippen LogP contribution in [0, 0.1) is 0 Å². The summed E-state index contributed by atoms with van der Waals surface area (Å²) in [6.07, 6.45) is 1.84. The summed E-state index contributed by atoms with van der Waals surface area (Å²) in [6, 6.07) is 13.6. The third kappa shape index (κ3) is 2.57. The zero-order valence-corrected chi connectivity index (χ0v) is 13.3. The largest absolute Gasteiger partial charge is 0.348 e. The SMILES string of the molecule is O=C1NCc2c(-c3ccccc3)ccc(NC(=O)[C@H]3CCCN3)c21. The minimum atomic E-state index is -0.168. The maximum absolute atomic E-state index is 12.4. The fourth-order valence-corrected chi connectivity index (χ4v) is 3.47. The van der Waals surface area contributed by atoms with Crippen molar-refractivity contribution in [3.63, 3.8) is 0 Å². The lowest BCUT2D eigenvalue weighted by Crippen LogP contribution is -2.35. The van der Waals surface area contributed by atoms with E-state index in [2.05, 4.69) is 16.0 Å². The fourth-order valence-electron chi connectivity index (χ4n) is 3.47. The van der Waals surface area contributed by atoms with Crippen molar-refractivity contribution in [1.29, 1.82) is 0 Å². The van der Waals surface area contributed by atoms with E-state index >= 15 is 0 Å². The standard InChI is InChI=1S/C19H19N3O2/c23-18(16-7-4-10-20-16)22-15-9-8-13(12-5-2-1-3-6-12)14-11-21-19(24)17(14)15/h1-3,5-6,8-9,16,20H,4,7,10-11H2,(H,21,24)(H,22,23)/t16-/m1/s1. The first-order valence-electron chi connectivity index (χ1n) is 8.28. The number of carbonyl (C=O) groups is 2. The van der Waals surface area contributed by atoms with E-state index in [1.54, 1.807) is 0 Å². The van der Waals surface area contributed by atoms with Crippen LogP contribution in [0.2, 0.25) is 0 Å². The van der Waals surface area contributed by atoms with Crippen LogP contribution in [0.15, 0.2) is 42.5 Å². The fraction of sp³-hybridized carbons (Fsp3) is 0.263. The van der Waals surface area contributed by atoms with Gasteiger partial charge in [0.2, 0.25) is 5.91 Å². The van der Waals surface area contributed by atoms with Crippen LogP contribution in [0.3, 0.4) is 0 Å². The zero-order valence-electron chi connectivity index (χ0n) is 13.3. The molecule has 0 unspecified atom stereocenters. The Morgan fingerprint density at radius 1 is 1.12 bits per heavy atom. The summed E-state index contributed by atoms with van der Waals surface area (Å²) in [5.74, 6) is -0.195. The van der Waals surface area contributed by atoms with Gasteiger partial charge in [-0.25, -0.2) is 0 Å². The van der Waals surface area contributed by atoms with Gasteiger partial charge < -0.3 is 16.0 Å². The number of amides is 2. The molecule has 0 bridgehead atoms. The first kappa shape index (κ1) is 14.9. The third-order valence-electron chi connectivity index (χ3n) is 4.69. The Balaban J connectivity index is 1.70. The van der Waals surface area contributed by atoms with Gasteiger partial charge in [0.1, 0.15) is 0 Å². The molecule has 3 N–H and O–H groups in total. The van der Waals surface area contributed by atoms with E-state index in [1.165, 1.54) is 0 Å². The number of fused-ring (bicyclic) bond motifs is 1. The molecule has 2 aliphatic heterocycles. The molecule has 0 aliphatic carbocycles. The Labute approximate surface area is 140 Å². The van der Waals surface area contributed by atoms with Gasteiger partial charge in [-0.2, -0.15) is 0 Å². The molecular weight excluding hydrogens is 302 g/mol. The highest BCUT2D eigenvalue weighted by molar-refractivity contribution is 6.09. The van der Waals surface area contributed by atoms with Gasteiger partial charge in [-0.1, -0.05) is 36.4 Å². The average Bonchev–Trinajstić information content (AvgIpc) is 3.27. The Bertz CT molecular complexity index is 796. The van der Waals surface area contributed by atoms with Crippen LogP contribution >= 0.6 is 0 Å². The van der Waals surface area contributed by atoms with E-state index in [0.29, 0.717) is 17.8 Å². The Kier molecular flexibility index (Phi) is 3.78. The molecule has 0 aromatic heterocycles. The van der Waals surface area contributed by atoms with Crippen molar-refractivity contribution >= 4 is 17.5 Å². The van der Waals surface area contributed by atoms with Crippen LogP contribution in [0.1, 0.15) is 28.8 Å². The van der Waals surface area contributed by atoms with Gasteiger partial charge >= 0.3 is 0 Å². The molecule has 1 fully saturated rings. The predicted molar refractivity (Wildman–Crippen MR) is 92.7 cm³/mol. The number of hydrogen-bond donors (Lipinski definition) is 3. The molecule has 2 heterocycles. The molecule has 2 aliphatic rings. The molecule has 24 heavy (non-hydrogen) atoms. The predicted octanol–water partition coefficient (Wildman–Crippen LogP) is 2.29. The molecule has 2 aromatic rings. The molecule has 4 rings (SSSR count). The number of carbonyl (C=O) groups excluding carboxylic acids is 2. The van der Waals surface area contributed by atoms with Gasteiger partial charge in [-0.3, -0.25) is 9.59 Å². The second-order valence-electron chi connectivity index (χ2n) is 6.20. The number of benzene rings is 2. The maximum Gasteiger partial charge on any atom is 0.254 e. The lowest BCUT2D eigenvalue weighted by molar-refractivity contribution is -0.117. The van der Waals surface area contributed by atoms with E-state index in [1.807, 2.05) is 42.5 Å². The van der Waals surface area contributed by atoms with Gasteiger partial charge in [0, 0.05) is 6.54 Å². The minimum absolute atomic E-state index is 0.0677. The van der Waals surface area contributed by atoms with Crippen LogP contribution in [-0.4, -0.2) is 24.4 Å². The topological polar surface area (TPSA) is 70.2 Å². The molecule has 5 nitrogen and oxygen atoms in total. The van der Waals surface area contributed by atoms with Crippen LogP contribution in [0.5, 0.6) is 0 Å². The van der Waals surface area contributed by atoms with Crippen LogP contribution in [0.4, 0.5) is 5.69 Å².